The summed E-state index contributed by atoms with van der Waals surface area (Å²) >= 11 is 0. The van der Waals surface area contributed by atoms with Crippen molar-refractivity contribution in [3.63, 3.8) is 0 Å². The van der Waals surface area contributed by atoms with Gasteiger partial charge >= 0.3 is 0 Å². The SMILES string of the molecule is COc1ccc(-c2[nH]nc3c2C(c2c(F)cccc2F)CC(=O)N3)c(OC)c1. The fraction of sp³-hybridized carbons (Fsp3) is 0.200. The standard InChI is InChI=1S/C20H17F2N3O3/c1-27-10-6-7-11(15(8-10)28-2)19-18-12(9-16(26)23-20(18)25-24-19)17-13(21)4-3-5-14(17)22/h3-8,12H,9H2,1-2H3,(H2,23,24,25,26). The Morgan fingerprint density at radius 2 is 1.82 bits per heavy atom. The molecule has 6 nitrogen and oxygen atoms in total. The van der Waals surface area contributed by atoms with Crippen LogP contribution in [0.3, 0.4) is 0 Å². The highest BCUT2D eigenvalue weighted by Crippen LogP contribution is 2.45. The number of fused-ring (bicyclic) bond motifs is 1. The molecule has 144 valence electrons. The molecule has 0 fully saturated rings. The van der Waals surface area contributed by atoms with Gasteiger partial charge in [0.2, 0.25) is 5.91 Å². The van der Waals surface area contributed by atoms with E-state index in [1.54, 1.807) is 25.3 Å². The summed E-state index contributed by atoms with van der Waals surface area (Å²) < 4.78 is 39.7. The lowest BCUT2D eigenvalue weighted by molar-refractivity contribution is -0.116. The Hall–Kier alpha value is -3.42. The Morgan fingerprint density at radius 3 is 2.50 bits per heavy atom. The first-order valence-electron chi connectivity index (χ1n) is 8.58. The van der Waals surface area contributed by atoms with Crippen LogP contribution in [0.15, 0.2) is 36.4 Å². The summed E-state index contributed by atoms with van der Waals surface area (Å²) in [5.74, 6) is -1.27. The van der Waals surface area contributed by atoms with E-state index in [-0.39, 0.29) is 23.7 Å². The summed E-state index contributed by atoms with van der Waals surface area (Å²) in [4.78, 5) is 12.1. The monoisotopic (exact) mass is 385 g/mol. The lowest BCUT2D eigenvalue weighted by Gasteiger charge is -2.24. The molecule has 0 bridgehead atoms. The number of methoxy groups -OCH3 is 2. The van der Waals surface area contributed by atoms with E-state index >= 15 is 0 Å². The van der Waals surface area contributed by atoms with Crippen molar-refractivity contribution in [1.29, 1.82) is 0 Å². The number of rotatable bonds is 4. The predicted molar refractivity (Wildman–Crippen MR) is 98.6 cm³/mol. The van der Waals surface area contributed by atoms with Crippen LogP contribution in [0.4, 0.5) is 14.6 Å². The number of ether oxygens (including phenoxy) is 2. The Bertz CT molecular complexity index is 1040. The summed E-state index contributed by atoms with van der Waals surface area (Å²) in [7, 11) is 3.05. The number of anilines is 1. The minimum absolute atomic E-state index is 0.101. The van der Waals surface area contributed by atoms with Gasteiger partial charge in [0.15, 0.2) is 5.82 Å². The molecule has 1 aromatic heterocycles. The van der Waals surface area contributed by atoms with Crippen molar-refractivity contribution in [3.05, 3.63) is 59.2 Å². The molecule has 1 aliphatic heterocycles. The van der Waals surface area contributed by atoms with Crippen LogP contribution in [-0.4, -0.2) is 30.3 Å². The van der Waals surface area contributed by atoms with Gasteiger partial charge in [0.25, 0.3) is 0 Å². The number of amides is 1. The topological polar surface area (TPSA) is 76.2 Å². The zero-order chi connectivity index (χ0) is 19.8. The third kappa shape index (κ3) is 2.87. The maximum atomic E-state index is 14.5. The van der Waals surface area contributed by atoms with Crippen LogP contribution in [-0.2, 0) is 4.79 Å². The first-order chi connectivity index (χ1) is 13.5. The maximum Gasteiger partial charge on any atom is 0.226 e. The van der Waals surface area contributed by atoms with E-state index in [2.05, 4.69) is 15.5 Å². The summed E-state index contributed by atoms with van der Waals surface area (Å²) in [6.07, 6.45) is -0.101. The molecule has 0 spiro atoms. The average Bonchev–Trinajstić information content (AvgIpc) is 3.10. The number of aromatic nitrogens is 2. The average molecular weight is 385 g/mol. The molecule has 0 radical (unpaired) electrons. The Kier molecular flexibility index (Phi) is 4.46. The van der Waals surface area contributed by atoms with Crippen molar-refractivity contribution in [2.45, 2.75) is 12.3 Å². The van der Waals surface area contributed by atoms with Gasteiger partial charge in [-0.15, -0.1) is 0 Å². The number of nitrogens with one attached hydrogen (secondary N) is 2. The molecule has 1 amide bonds. The summed E-state index contributed by atoms with van der Waals surface area (Å²) in [6.45, 7) is 0. The Morgan fingerprint density at radius 1 is 1.07 bits per heavy atom. The molecule has 0 aliphatic carbocycles. The number of halogens is 2. The zero-order valence-corrected chi connectivity index (χ0v) is 15.2. The minimum atomic E-state index is -0.828. The van der Waals surface area contributed by atoms with Gasteiger partial charge in [0.05, 0.1) is 19.9 Å². The third-order valence-electron chi connectivity index (χ3n) is 4.83. The maximum absolute atomic E-state index is 14.5. The lowest BCUT2D eigenvalue weighted by atomic mass is 9.83. The Balaban J connectivity index is 1.93. The van der Waals surface area contributed by atoms with E-state index in [9.17, 15) is 13.6 Å². The van der Waals surface area contributed by atoms with E-state index in [0.29, 0.717) is 28.3 Å². The first-order valence-corrected chi connectivity index (χ1v) is 8.58. The van der Waals surface area contributed by atoms with Gasteiger partial charge in [-0.2, -0.15) is 5.10 Å². The fourth-order valence-electron chi connectivity index (χ4n) is 3.56. The number of aromatic amines is 1. The van der Waals surface area contributed by atoms with Crippen LogP contribution in [0, 0.1) is 11.6 Å². The molecule has 2 heterocycles. The highest BCUT2D eigenvalue weighted by molar-refractivity contribution is 5.96. The van der Waals surface area contributed by atoms with Gasteiger partial charge in [-0.1, -0.05) is 6.07 Å². The molecule has 2 aromatic carbocycles. The fourth-order valence-corrected chi connectivity index (χ4v) is 3.56. The second-order valence-electron chi connectivity index (χ2n) is 6.37. The number of hydrogen-bond donors (Lipinski definition) is 2. The molecule has 1 atom stereocenters. The number of H-pyrrole nitrogens is 1. The molecule has 0 saturated heterocycles. The van der Waals surface area contributed by atoms with Crippen LogP contribution in [0.5, 0.6) is 11.5 Å². The van der Waals surface area contributed by atoms with Crippen molar-refractivity contribution in [3.8, 4) is 22.8 Å². The van der Waals surface area contributed by atoms with Gasteiger partial charge < -0.3 is 14.8 Å². The molecule has 3 aromatic rings. The predicted octanol–water partition coefficient (Wildman–Crippen LogP) is 3.85. The number of hydrogen-bond acceptors (Lipinski definition) is 4. The smallest absolute Gasteiger partial charge is 0.226 e. The van der Waals surface area contributed by atoms with Crippen LogP contribution < -0.4 is 14.8 Å². The Labute approximate surface area is 159 Å². The summed E-state index contributed by atoms with van der Waals surface area (Å²) in [5, 5.41) is 9.68. The second-order valence-corrected chi connectivity index (χ2v) is 6.37. The minimum Gasteiger partial charge on any atom is -0.497 e. The van der Waals surface area contributed by atoms with E-state index in [1.165, 1.54) is 25.3 Å². The quantitative estimate of drug-likeness (QED) is 0.715. The molecule has 0 saturated carbocycles. The zero-order valence-electron chi connectivity index (χ0n) is 15.2. The van der Waals surface area contributed by atoms with Gasteiger partial charge in [-0.3, -0.25) is 9.89 Å². The first kappa shape index (κ1) is 18.0. The number of carbonyl (C=O) groups excluding carboxylic acids is 1. The van der Waals surface area contributed by atoms with E-state index in [0.717, 1.165) is 0 Å². The second kappa shape index (κ2) is 6.95. The van der Waals surface area contributed by atoms with Crippen molar-refractivity contribution in [1.82, 2.24) is 10.2 Å². The van der Waals surface area contributed by atoms with Crippen molar-refractivity contribution < 1.29 is 23.0 Å². The van der Waals surface area contributed by atoms with Gasteiger partial charge in [-0.25, -0.2) is 8.78 Å². The number of benzene rings is 2. The molecule has 2 N–H and O–H groups in total. The van der Waals surface area contributed by atoms with Crippen LogP contribution in [0.1, 0.15) is 23.5 Å². The van der Waals surface area contributed by atoms with Gasteiger partial charge in [0.1, 0.15) is 23.1 Å². The molecular weight excluding hydrogens is 368 g/mol. The highest BCUT2D eigenvalue weighted by atomic mass is 19.1. The largest absolute Gasteiger partial charge is 0.497 e. The van der Waals surface area contributed by atoms with Crippen LogP contribution in [0.2, 0.25) is 0 Å². The van der Waals surface area contributed by atoms with Gasteiger partial charge in [0, 0.05) is 35.1 Å². The third-order valence-corrected chi connectivity index (χ3v) is 4.83. The van der Waals surface area contributed by atoms with E-state index < -0.39 is 17.6 Å². The number of nitrogens with zero attached hydrogens (tertiary/aromatic N) is 1. The van der Waals surface area contributed by atoms with Gasteiger partial charge in [-0.05, 0) is 24.3 Å². The number of carbonyl (C=O) groups is 1. The van der Waals surface area contributed by atoms with E-state index in [4.69, 9.17) is 9.47 Å². The van der Waals surface area contributed by atoms with E-state index in [1.807, 2.05) is 0 Å². The molecule has 1 aliphatic rings. The van der Waals surface area contributed by atoms with Crippen molar-refractivity contribution in [2.75, 3.05) is 19.5 Å². The lowest BCUT2D eigenvalue weighted by Crippen LogP contribution is -2.24. The van der Waals surface area contributed by atoms with Crippen LogP contribution >= 0.6 is 0 Å². The molecule has 8 heteroatoms. The molecule has 28 heavy (non-hydrogen) atoms. The van der Waals surface area contributed by atoms with Crippen LogP contribution in [0.25, 0.3) is 11.3 Å². The summed E-state index contributed by atoms with van der Waals surface area (Å²) in [6, 6.07) is 8.85. The molecular formula is C20H17F2N3O3. The van der Waals surface area contributed by atoms with Crippen molar-refractivity contribution >= 4 is 11.7 Å². The molecule has 4 rings (SSSR count). The normalized spacial score (nSPS) is 15.7. The summed E-state index contributed by atoms with van der Waals surface area (Å²) in [5.41, 5.74) is 1.50. The molecule has 1 unspecified atom stereocenters. The van der Waals surface area contributed by atoms with Crippen molar-refractivity contribution in [2.24, 2.45) is 0 Å². The highest BCUT2D eigenvalue weighted by Gasteiger charge is 2.35.